The number of rotatable bonds is 2. The number of hydrogen-bond acceptors (Lipinski definition) is 4. The Hall–Kier alpha value is -1.43. The molecule has 4 atom stereocenters. The summed E-state index contributed by atoms with van der Waals surface area (Å²) in [6, 6.07) is 2.07. The fraction of sp³-hybridized carbons (Fsp3) is 0.529. The summed E-state index contributed by atoms with van der Waals surface area (Å²) < 4.78 is 14.7. The van der Waals surface area contributed by atoms with Crippen molar-refractivity contribution >= 4 is 22.6 Å². The minimum absolute atomic E-state index is 0.0650. The van der Waals surface area contributed by atoms with Crippen LogP contribution in [0.4, 0.5) is 0 Å². The molecule has 3 heterocycles. The van der Waals surface area contributed by atoms with E-state index in [0.717, 1.165) is 17.5 Å². The van der Waals surface area contributed by atoms with Crippen molar-refractivity contribution in [2.24, 2.45) is 5.92 Å². The van der Waals surface area contributed by atoms with Gasteiger partial charge < -0.3 is 14.0 Å². The third kappa shape index (κ3) is 2.07. The molecular weight excluding hydrogens is 314 g/mol. The predicted octanol–water partition coefficient (Wildman–Crippen LogP) is 3.74. The van der Waals surface area contributed by atoms with E-state index in [1.807, 2.05) is 32.2 Å². The van der Waals surface area contributed by atoms with E-state index in [1.165, 1.54) is 6.33 Å². The van der Waals surface area contributed by atoms with Crippen LogP contribution in [0.2, 0.25) is 5.15 Å². The van der Waals surface area contributed by atoms with Crippen molar-refractivity contribution in [3.8, 4) is 0 Å². The number of aromatic nitrogens is 3. The first-order chi connectivity index (χ1) is 10.9. The van der Waals surface area contributed by atoms with Gasteiger partial charge in [0, 0.05) is 12.1 Å². The summed E-state index contributed by atoms with van der Waals surface area (Å²) in [6.07, 6.45) is 6.31. The molecule has 0 aromatic carbocycles. The Kier molecular flexibility index (Phi) is 3.15. The van der Waals surface area contributed by atoms with Crippen molar-refractivity contribution in [2.75, 3.05) is 0 Å². The topological polar surface area (TPSA) is 49.2 Å². The average Bonchev–Trinajstić information content (AvgIpc) is 3.07. The van der Waals surface area contributed by atoms with Crippen LogP contribution >= 0.6 is 11.6 Å². The molecule has 0 radical (unpaired) electrons. The second-order valence-corrected chi connectivity index (χ2v) is 7.35. The fourth-order valence-corrected chi connectivity index (χ4v) is 4.39. The summed E-state index contributed by atoms with van der Waals surface area (Å²) >= 11 is 6.18. The molecule has 2 aromatic heterocycles. The Morgan fingerprint density at radius 1 is 1.39 bits per heavy atom. The Balaban J connectivity index is 1.82. The first kappa shape index (κ1) is 15.1. The minimum atomic E-state index is -0.602. The summed E-state index contributed by atoms with van der Waals surface area (Å²) in [6.45, 7) is 10.0. The van der Waals surface area contributed by atoms with E-state index in [0.29, 0.717) is 5.15 Å². The van der Waals surface area contributed by atoms with E-state index in [4.69, 9.17) is 21.1 Å². The number of hydrogen-bond donors (Lipinski definition) is 0. The fourth-order valence-electron chi connectivity index (χ4n) is 4.20. The molecule has 5 nitrogen and oxygen atoms in total. The smallest absolute Gasteiger partial charge is 0.164 e. The molecule has 0 unspecified atom stereocenters. The van der Waals surface area contributed by atoms with Crippen molar-refractivity contribution in [2.45, 2.75) is 50.7 Å². The van der Waals surface area contributed by atoms with Gasteiger partial charge in [0.05, 0.1) is 11.4 Å². The lowest BCUT2D eigenvalue weighted by Crippen LogP contribution is -2.39. The first-order valence-electron chi connectivity index (χ1n) is 7.83. The molecule has 2 aromatic rings. The average molecular weight is 334 g/mol. The zero-order valence-electron chi connectivity index (χ0n) is 13.5. The van der Waals surface area contributed by atoms with Crippen LogP contribution < -0.4 is 0 Å². The highest BCUT2D eigenvalue weighted by atomic mass is 35.5. The monoisotopic (exact) mass is 333 g/mol. The Morgan fingerprint density at radius 3 is 2.91 bits per heavy atom. The molecule has 122 valence electrons. The molecule has 0 N–H and O–H groups in total. The molecule has 4 rings (SSSR count). The van der Waals surface area contributed by atoms with Crippen LogP contribution in [-0.4, -0.2) is 32.0 Å². The molecule has 1 saturated heterocycles. The van der Waals surface area contributed by atoms with E-state index in [1.54, 1.807) is 0 Å². The van der Waals surface area contributed by atoms with Gasteiger partial charge in [-0.1, -0.05) is 17.7 Å². The van der Waals surface area contributed by atoms with Crippen LogP contribution in [-0.2, 0) is 9.47 Å². The van der Waals surface area contributed by atoms with Gasteiger partial charge in [-0.05, 0) is 33.3 Å². The largest absolute Gasteiger partial charge is 0.342 e. The van der Waals surface area contributed by atoms with Gasteiger partial charge in [-0.3, -0.25) is 0 Å². The second-order valence-electron chi connectivity index (χ2n) is 6.99. The van der Waals surface area contributed by atoms with Gasteiger partial charge in [-0.15, -0.1) is 6.58 Å². The van der Waals surface area contributed by atoms with Crippen LogP contribution in [0.1, 0.15) is 33.2 Å². The number of ether oxygens (including phenoxy) is 2. The van der Waals surface area contributed by atoms with E-state index in [-0.39, 0.29) is 23.7 Å². The van der Waals surface area contributed by atoms with E-state index in [2.05, 4.69) is 28.0 Å². The van der Waals surface area contributed by atoms with Crippen LogP contribution in [0.25, 0.3) is 11.0 Å². The standard InChI is InChI=1S/C17H20ClN3O2/c1-5-10-8-12(13-17(10,4)23-16(2,3)22-13)21-7-6-11-14(18)19-9-20-15(11)21/h5-7,9-10,12-13H,1,8H2,2-4H3/t10-,12+,13-,17+/m0/s1. The number of nitrogens with zero attached hydrogens (tertiary/aromatic N) is 3. The van der Waals surface area contributed by atoms with Gasteiger partial charge in [-0.25, -0.2) is 9.97 Å². The summed E-state index contributed by atoms with van der Waals surface area (Å²) in [5.41, 5.74) is 0.443. The van der Waals surface area contributed by atoms with Crippen molar-refractivity contribution in [3.05, 3.63) is 36.4 Å². The lowest BCUT2D eigenvalue weighted by atomic mass is 9.91. The van der Waals surface area contributed by atoms with Crippen molar-refractivity contribution < 1.29 is 9.47 Å². The molecule has 1 aliphatic heterocycles. The van der Waals surface area contributed by atoms with Gasteiger partial charge in [0.1, 0.15) is 28.8 Å². The van der Waals surface area contributed by atoms with E-state index >= 15 is 0 Å². The lowest BCUT2D eigenvalue weighted by molar-refractivity contribution is -0.173. The zero-order valence-corrected chi connectivity index (χ0v) is 14.2. The van der Waals surface area contributed by atoms with Gasteiger partial charge in [-0.2, -0.15) is 0 Å². The molecule has 6 heteroatoms. The minimum Gasteiger partial charge on any atom is -0.342 e. The maximum absolute atomic E-state index is 6.26. The third-order valence-electron chi connectivity index (χ3n) is 5.13. The molecule has 2 aliphatic rings. The van der Waals surface area contributed by atoms with Crippen LogP contribution in [0.3, 0.4) is 0 Å². The summed E-state index contributed by atoms with van der Waals surface area (Å²) in [7, 11) is 0. The van der Waals surface area contributed by atoms with Crippen LogP contribution in [0.15, 0.2) is 31.2 Å². The maximum Gasteiger partial charge on any atom is 0.164 e. The van der Waals surface area contributed by atoms with E-state index in [9.17, 15) is 0 Å². The first-order valence-corrected chi connectivity index (χ1v) is 8.21. The Bertz CT molecular complexity index is 787. The van der Waals surface area contributed by atoms with Gasteiger partial charge in [0.25, 0.3) is 0 Å². The molecular formula is C17H20ClN3O2. The second kappa shape index (κ2) is 4.79. The Labute approximate surface area is 140 Å². The van der Waals surface area contributed by atoms with Gasteiger partial charge in [0.15, 0.2) is 5.79 Å². The normalized spacial score (nSPS) is 35.6. The molecule has 1 saturated carbocycles. The number of halogens is 1. The lowest BCUT2D eigenvalue weighted by Gasteiger charge is -2.28. The zero-order chi connectivity index (χ0) is 16.4. The van der Waals surface area contributed by atoms with E-state index < -0.39 is 5.79 Å². The SMILES string of the molecule is C=C[C@H]1C[C@@H](n2ccc3c(Cl)ncnc32)[C@@H]2OC(C)(C)O[C@]12C. The highest BCUT2D eigenvalue weighted by molar-refractivity contribution is 6.33. The highest BCUT2D eigenvalue weighted by Gasteiger charge is 2.61. The van der Waals surface area contributed by atoms with Crippen LogP contribution in [0, 0.1) is 5.92 Å². The molecule has 0 amide bonds. The predicted molar refractivity (Wildman–Crippen MR) is 88.3 cm³/mol. The maximum atomic E-state index is 6.26. The molecule has 2 fully saturated rings. The van der Waals surface area contributed by atoms with Gasteiger partial charge >= 0.3 is 0 Å². The van der Waals surface area contributed by atoms with Gasteiger partial charge in [0.2, 0.25) is 0 Å². The summed E-state index contributed by atoms with van der Waals surface area (Å²) in [5, 5.41) is 1.33. The highest BCUT2D eigenvalue weighted by Crippen LogP contribution is 2.54. The third-order valence-corrected chi connectivity index (χ3v) is 5.43. The summed E-state index contributed by atoms with van der Waals surface area (Å²) in [4.78, 5) is 8.47. The molecule has 0 bridgehead atoms. The van der Waals surface area contributed by atoms with Crippen LogP contribution in [0.5, 0.6) is 0 Å². The molecule has 0 spiro atoms. The quantitative estimate of drug-likeness (QED) is 0.620. The van der Waals surface area contributed by atoms with Crippen molar-refractivity contribution in [1.82, 2.24) is 14.5 Å². The summed E-state index contributed by atoms with van der Waals surface area (Å²) in [5.74, 6) is -0.386. The molecule has 1 aliphatic carbocycles. The molecule has 23 heavy (non-hydrogen) atoms. The Morgan fingerprint density at radius 2 is 2.17 bits per heavy atom. The number of fused-ring (bicyclic) bond motifs is 2. The van der Waals surface area contributed by atoms with Crippen molar-refractivity contribution in [3.63, 3.8) is 0 Å². The van der Waals surface area contributed by atoms with Crippen molar-refractivity contribution in [1.29, 1.82) is 0 Å².